The van der Waals surface area contributed by atoms with Crippen LogP contribution in [0.3, 0.4) is 0 Å². The second kappa shape index (κ2) is 8.00. The predicted octanol–water partition coefficient (Wildman–Crippen LogP) is 5.68. The zero-order valence-corrected chi connectivity index (χ0v) is 17.8. The van der Waals surface area contributed by atoms with Crippen LogP contribution in [0.25, 0.3) is 0 Å². The van der Waals surface area contributed by atoms with E-state index in [2.05, 4.69) is 10.6 Å². The lowest BCUT2D eigenvalue weighted by molar-refractivity contribution is -0.137. The zero-order valence-electron chi connectivity index (χ0n) is 17.0. The third-order valence-electron chi connectivity index (χ3n) is 5.63. The number of dihydropyridines is 1. The highest BCUT2D eigenvalue weighted by Crippen LogP contribution is 2.45. The Balaban J connectivity index is 1.75. The summed E-state index contributed by atoms with van der Waals surface area (Å²) in [7, 11) is 0. The molecular weight excluding hydrogens is 425 g/mol. The van der Waals surface area contributed by atoms with E-state index in [0.717, 1.165) is 41.1 Å². The molecule has 0 radical (unpaired) electrons. The molecule has 0 saturated carbocycles. The number of thiophene rings is 1. The molecule has 1 amide bonds. The average molecular weight is 446 g/mol. The fraction of sp³-hybridized carbons (Fsp3) is 0.304. The fourth-order valence-corrected chi connectivity index (χ4v) is 5.24. The fourth-order valence-electron chi connectivity index (χ4n) is 4.20. The summed E-state index contributed by atoms with van der Waals surface area (Å²) in [6, 6.07) is 6.48. The summed E-state index contributed by atoms with van der Waals surface area (Å²) in [5, 5.41) is 7.74. The molecule has 0 bridgehead atoms. The Morgan fingerprint density at radius 1 is 1.19 bits per heavy atom. The van der Waals surface area contributed by atoms with E-state index in [9.17, 15) is 22.8 Å². The molecule has 1 aliphatic heterocycles. The number of aryl methyl sites for hydroxylation is 1. The topological polar surface area (TPSA) is 58.2 Å². The van der Waals surface area contributed by atoms with Gasteiger partial charge in [-0.25, -0.2) is 0 Å². The second-order valence-corrected chi connectivity index (χ2v) is 8.71. The summed E-state index contributed by atoms with van der Waals surface area (Å²) in [6.45, 7) is 3.69. The van der Waals surface area contributed by atoms with Crippen molar-refractivity contribution in [2.45, 2.75) is 45.2 Å². The first-order valence-electron chi connectivity index (χ1n) is 9.93. The van der Waals surface area contributed by atoms with Crippen molar-refractivity contribution in [2.75, 3.05) is 5.32 Å². The van der Waals surface area contributed by atoms with Gasteiger partial charge >= 0.3 is 6.18 Å². The molecule has 0 unspecified atom stereocenters. The van der Waals surface area contributed by atoms with Crippen LogP contribution in [-0.4, -0.2) is 11.7 Å². The molecule has 0 fully saturated rings. The second-order valence-electron chi connectivity index (χ2n) is 7.77. The van der Waals surface area contributed by atoms with Crippen molar-refractivity contribution in [1.29, 1.82) is 0 Å². The van der Waals surface area contributed by atoms with Gasteiger partial charge in [0.1, 0.15) is 0 Å². The first kappa shape index (κ1) is 21.4. The largest absolute Gasteiger partial charge is 0.416 e. The number of hydrogen-bond acceptors (Lipinski definition) is 4. The van der Waals surface area contributed by atoms with Gasteiger partial charge in [0, 0.05) is 39.5 Å². The van der Waals surface area contributed by atoms with Crippen molar-refractivity contribution in [3.05, 3.63) is 74.3 Å². The van der Waals surface area contributed by atoms with E-state index in [4.69, 9.17) is 0 Å². The summed E-state index contributed by atoms with van der Waals surface area (Å²) in [6.07, 6.45) is -2.61. The molecular formula is C23H21F3N2O2S. The van der Waals surface area contributed by atoms with Crippen molar-refractivity contribution in [1.82, 2.24) is 5.32 Å². The molecule has 8 heteroatoms. The van der Waals surface area contributed by atoms with Crippen molar-refractivity contribution in [2.24, 2.45) is 0 Å². The van der Waals surface area contributed by atoms with Crippen LogP contribution in [0.1, 0.15) is 48.1 Å². The van der Waals surface area contributed by atoms with Gasteiger partial charge < -0.3 is 10.6 Å². The number of nitrogens with one attached hydrogen (secondary N) is 2. The normalized spacial score (nSPS) is 19.3. The lowest BCUT2D eigenvalue weighted by atomic mass is 9.77. The lowest BCUT2D eigenvalue weighted by Crippen LogP contribution is -2.35. The third kappa shape index (κ3) is 4.04. The van der Waals surface area contributed by atoms with Crippen molar-refractivity contribution >= 4 is 28.7 Å². The van der Waals surface area contributed by atoms with Crippen molar-refractivity contribution in [3.8, 4) is 0 Å². The molecule has 0 saturated heterocycles. The quantitative estimate of drug-likeness (QED) is 0.638. The van der Waals surface area contributed by atoms with Crippen molar-refractivity contribution in [3.63, 3.8) is 0 Å². The minimum absolute atomic E-state index is 0.00317. The van der Waals surface area contributed by atoms with Gasteiger partial charge in [0.15, 0.2) is 5.78 Å². The minimum atomic E-state index is -4.51. The molecule has 4 nitrogen and oxygen atoms in total. The molecule has 1 atom stereocenters. The Hall–Kier alpha value is -2.87. The summed E-state index contributed by atoms with van der Waals surface area (Å²) < 4.78 is 39.2. The van der Waals surface area contributed by atoms with E-state index >= 15 is 0 Å². The predicted molar refractivity (Wildman–Crippen MR) is 114 cm³/mol. The Morgan fingerprint density at radius 3 is 2.65 bits per heavy atom. The SMILES string of the molecule is CC1=C(C(=O)Nc2cccc(C(F)(F)F)c2)[C@H](c2sccc2C)C2=C(CCCC2=O)N1. The number of alkyl halides is 3. The number of hydrogen-bond donors (Lipinski definition) is 2. The number of carbonyl (C=O) groups is 2. The van der Waals surface area contributed by atoms with Gasteiger partial charge in [-0.3, -0.25) is 9.59 Å². The molecule has 2 heterocycles. The van der Waals surface area contributed by atoms with Gasteiger partial charge in [-0.2, -0.15) is 13.2 Å². The highest BCUT2D eigenvalue weighted by atomic mass is 32.1. The van der Waals surface area contributed by atoms with Gasteiger partial charge in [0.2, 0.25) is 0 Å². The van der Waals surface area contributed by atoms with Crippen LogP contribution in [0.5, 0.6) is 0 Å². The monoisotopic (exact) mass is 446 g/mol. The molecule has 31 heavy (non-hydrogen) atoms. The summed E-state index contributed by atoms with van der Waals surface area (Å²) >= 11 is 1.47. The van der Waals surface area contributed by atoms with E-state index in [1.165, 1.54) is 23.5 Å². The highest BCUT2D eigenvalue weighted by molar-refractivity contribution is 7.10. The van der Waals surface area contributed by atoms with Crippen LogP contribution in [-0.2, 0) is 15.8 Å². The molecule has 4 rings (SSSR count). The smallest absolute Gasteiger partial charge is 0.362 e. The third-order valence-corrected chi connectivity index (χ3v) is 6.72. The van der Waals surface area contributed by atoms with Gasteiger partial charge in [0.25, 0.3) is 5.91 Å². The number of allylic oxidation sites excluding steroid dienone is 3. The number of ketones is 1. The number of Topliss-reactive ketones (excluding diaryl/α,β-unsaturated/α-hetero) is 1. The zero-order chi connectivity index (χ0) is 22.3. The van der Waals surface area contributed by atoms with Gasteiger partial charge in [-0.05, 0) is 61.9 Å². The summed E-state index contributed by atoms with van der Waals surface area (Å²) in [5.74, 6) is -1.05. The maximum Gasteiger partial charge on any atom is 0.416 e. The van der Waals surface area contributed by atoms with Crippen LogP contribution in [0.4, 0.5) is 18.9 Å². The maximum atomic E-state index is 13.3. The van der Waals surface area contributed by atoms with E-state index in [-0.39, 0.29) is 11.5 Å². The highest BCUT2D eigenvalue weighted by Gasteiger charge is 2.39. The van der Waals surface area contributed by atoms with Gasteiger partial charge in [-0.1, -0.05) is 6.07 Å². The summed E-state index contributed by atoms with van der Waals surface area (Å²) in [5.41, 5.74) is 2.58. The minimum Gasteiger partial charge on any atom is -0.362 e. The first-order valence-corrected chi connectivity index (χ1v) is 10.8. The molecule has 2 aliphatic rings. The Kier molecular flexibility index (Phi) is 5.51. The molecule has 2 aromatic rings. The molecule has 2 N–H and O–H groups in total. The van der Waals surface area contributed by atoms with Crippen LogP contribution < -0.4 is 10.6 Å². The Labute approximate surface area is 181 Å². The first-order chi connectivity index (χ1) is 14.7. The van der Waals surface area contributed by atoms with E-state index < -0.39 is 23.6 Å². The van der Waals surface area contributed by atoms with Crippen LogP contribution >= 0.6 is 11.3 Å². The number of benzene rings is 1. The standard InChI is InChI=1S/C23H21F3N2O2S/c1-12-9-10-31-21(12)20-18(13(2)27-16-7-4-8-17(29)19(16)20)22(30)28-15-6-3-5-14(11-15)23(24,25)26/h3,5-6,9-11,20,27H,4,7-8H2,1-2H3,(H,28,30)/t20-/m0/s1. The molecule has 1 aromatic heterocycles. The van der Waals surface area contributed by atoms with E-state index in [1.54, 1.807) is 6.92 Å². The van der Waals surface area contributed by atoms with Gasteiger partial charge in [-0.15, -0.1) is 11.3 Å². The van der Waals surface area contributed by atoms with E-state index in [1.807, 2.05) is 18.4 Å². The van der Waals surface area contributed by atoms with E-state index in [0.29, 0.717) is 23.3 Å². The maximum absolute atomic E-state index is 13.3. The number of amides is 1. The molecule has 162 valence electrons. The molecule has 0 spiro atoms. The number of carbonyl (C=O) groups excluding carboxylic acids is 2. The number of anilines is 1. The van der Waals surface area contributed by atoms with Crippen LogP contribution in [0.15, 0.2) is 58.3 Å². The van der Waals surface area contributed by atoms with Crippen LogP contribution in [0, 0.1) is 6.92 Å². The van der Waals surface area contributed by atoms with Gasteiger partial charge in [0.05, 0.1) is 11.5 Å². The number of rotatable bonds is 3. The summed E-state index contributed by atoms with van der Waals surface area (Å²) in [4.78, 5) is 27.1. The average Bonchev–Trinajstić information content (AvgIpc) is 3.12. The number of halogens is 3. The Bertz CT molecular complexity index is 1130. The molecule has 1 aromatic carbocycles. The van der Waals surface area contributed by atoms with Crippen molar-refractivity contribution < 1.29 is 22.8 Å². The van der Waals surface area contributed by atoms with Crippen LogP contribution in [0.2, 0.25) is 0 Å². The molecule has 1 aliphatic carbocycles. The Morgan fingerprint density at radius 2 is 1.97 bits per heavy atom. The lowest BCUT2D eigenvalue weighted by Gasteiger charge is -2.34.